The van der Waals surface area contributed by atoms with E-state index in [1.54, 1.807) is 0 Å². The second kappa shape index (κ2) is 4.85. The van der Waals surface area contributed by atoms with Crippen molar-refractivity contribution < 1.29 is 5.11 Å². The van der Waals surface area contributed by atoms with Crippen LogP contribution in [0.2, 0.25) is 0 Å². The highest BCUT2D eigenvalue weighted by molar-refractivity contribution is 5.51. The number of benzene rings is 1. The summed E-state index contributed by atoms with van der Waals surface area (Å²) in [6.45, 7) is 0.727. The van der Waals surface area contributed by atoms with Gasteiger partial charge < -0.3 is 15.7 Å². The minimum Gasteiger partial charge on any atom is -0.395 e. The second-order valence-electron chi connectivity index (χ2n) is 4.63. The average molecular weight is 220 g/mol. The first kappa shape index (κ1) is 11.4. The van der Waals surface area contributed by atoms with E-state index < -0.39 is 0 Å². The van der Waals surface area contributed by atoms with Crippen LogP contribution in [0.25, 0.3) is 0 Å². The van der Waals surface area contributed by atoms with Gasteiger partial charge in [0.25, 0.3) is 0 Å². The molecule has 1 atom stereocenters. The van der Waals surface area contributed by atoms with Gasteiger partial charge >= 0.3 is 0 Å². The zero-order valence-corrected chi connectivity index (χ0v) is 9.82. The first-order valence-electron chi connectivity index (χ1n) is 5.90. The highest BCUT2D eigenvalue weighted by Gasteiger charge is 2.13. The maximum Gasteiger partial charge on any atom is 0.0599 e. The van der Waals surface area contributed by atoms with Crippen molar-refractivity contribution in [2.24, 2.45) is 5.73 Å². The molecule has 1 aromatic carbocycles. The molecular weight excluding hydrogens is 200 g/mol. The molecule has 0 radical (unpaired) electrons. The lowest BCUT2D eigenvalue weighted by molar-refractivity contribution is 0.267. The van der Waals surface area contributed by atoms with Crippen LogP contribution in [-0.2, 0) is 12.8 Å². The number of nitrogens with two attached hydrogens (primary N) is 1. The van der Waals surface area contributed by atoms with Gasteiger partial charge in [-0.25, -0.2) is 0 Å². The summed E-state index contributed by atoms with van der Waals surface area (Å²) in [5.74, 6) is 0. The Hall–Kier alpha value is -1.06. The monoisotopic (exact) mass is 220 g/mol. The van der Waals surface area contributed by atoms with Crippen LogP contribution in [0.5, 0.6) is 0 Å². The summed E-state index contributed by atoms with van der Waals surface area (Å²) >= 11 is 0. The lowest BCUT2D eigenvalue weighted by Gasteiger charge is -2.23. The van der Waals surface area contributed by atoms with Gasteiger partial charge in [-0.2, -0.15) is 0 Å². The topological polar surface area (TPSA) is 49.5 Å². The normalized spacial score (nSPS) is 15.9. The van der Waals surface area contributed by atoms with Gasteiger partial charge in [-0.1, -0.05) is 6.07 Å². The maximum atomic E-state index is 8.93. The van der Waals surface area contributed by atoms with Gasteiger partial charge in [0.05, 0.1) is 6.61 Å². The van der Waals surface area contributed by atoms with Crippen LogP contribution in [-0.4, -0.2) is 31.3 Å². The van der Waals surface area contributed by atoms with Gasteiger partial charge in [-0.05, 0) is 42.5 Å². The Morgan fingerprint density at radius 1 is 1.38 bits per heavy atom. The fourth-order valence-corrected chi connectivity index (χ4v) is 2.31. The average Bonchev–Trinajstić information content (AvgIpc) is 2.75. The van der Waals surface area contributed by atoms with Gasteiger partial charge in [-0.15, -0.1) is 0 Å². The van der Waals surface area contributed by atoms with Crippen LogP contribution in [0.4, 0.5) is 5.69 Å². The third-order valence-electron chi connectivity index (χ3n) is 3.27. The summed E-state index contributed by atoms with van der Waals surface area (Å²) in [6.07, 6.45) is 3.69. The first-order chi connectivity index (χ1) is 7.70. The van der Waals surface area contributed by atoms with Crippen LogP contribution in [0.3, 0.4) is 0 Å². The molecule has 1 aromatic rings. The zero-order valence-electron chi connectivity index (χ0n) is 9.82. The van der Waals surface area contributed by atoms with E-state index in [2.05, 4.69) is 23.1 Å². The number of rotatable bonds is 4. The molecule has 1 aliphatic rings. The Bertz CT molecular complexity index is 365. The fourth-order valence-electron chi connectivity index (χ4n) is 2.31. The van der Waals surface area contributed by atoms with Gasteiger partial charge in [0, 0.05) is 25.3 Å². The quantitative estimate of drug-likeness (QED) is 0.793. The molecule has 3 heteroatoms. The molecule has 0 aliphatic heterocycles. The molecule has 16 heavy (non-hydrogen) atoms. The fraction of sp³-hybridized carbons (Fsp3) is 0.538. The molecule has 0 heterocycles. The number of likely N-dealkylation sites (N-methyl/N-ethyl adjacent to an activating group) is 1. The van der Waals surface area contributed by atoms with Crippen molar-refractivity contribution >= 4 is 5.69 Å². The van der Waals surface area contributed by atoms with Crippen molar-refractivity contribution in [3.63, 3.8) is 0 Å². The third-order valence-corrected chi connectivity index (χ3v) is 3.27. The summed E-state index contributed by atoms with van der Waals surface area (Å²) in [7, 11) is 2.02. The molecule has 0 saturated heterocycles. The van der Waals surface area contributed by atoms with Gasteiger partial charge in [0.1, 0.15) is 0 Å². The lowest BCUT2D eigenvalue weighted by Crippen LogP contribution is -2.37. The lowest BCUT2D eigenvalue weighted by atomic mass is 10.1. The Kier molecular flexibility index (Phi) is 3.46. The van der Waals surface area contributed by atoms with E-state index in [9.17, 15) is 0 Å². The van der Waals surface area contributed by atoms with Crippen molar-refractivity contribution in [2.45, 2.75) is 25.3 Å². The highest BCUT2D eigenvalue weighted by Crippen LogP contribution is 2.26. The number of nitrogens with zero attached hydrogens (tertiary/aromatic N) is 1. The summed E-state index contributed by atoms with van der Waals surface area (Å²) in [4.78, 5) is 2.11. The zero-order chi connectivity index (χ0) is 11.5. The van der Waals surface area contributed by atoms with Crippen molar-refractivity contribution in [1.29, 1.82) is 0 Å². The Morgan fingerprint density at radius 2 is 2.12 bits per heavy atom. The van der Waals surface area contributed by atoms with Crippen LogP contribution in [0.15, 0.2) is 18.2 Å². The minimum absolute atomic E-state index is 0.0370. The van der Waals surface area contributed by atoms with Gasteiger partial charge in [-0.3, -0.25) is 0 Å². The number of fused-ring (bicyclic) bond motifs is 1. The summed E-state index contributed by atoms with van der Waals surface area (Å²) in [5.41, 5.74) is 9.89. The molecule has 0 fully saturated rings. The molecule has 0 aromatic heterocycles. The summed E-state index contributed by atoms with van der Waals surface area (Å²) in [5, 5.41) is 8.93. The number of anilines is 1. The molecule has 0 saturated carbocycles. The van der Waals surface area contributed by atoms with E-state index in [0.717, 1.165) is 0 Å². The van der Waals surface area contributed by atoms with Crippen molar-refractivity contribution in [3.8, 4) is 0 Å². The molecule has 1 aliphatic carbocycles. The largest absolute Gasteiger partial charge is 0.395 e. The van der Waals surface area contributed by atoms with E-state index in [4.69, 9.17) is 10.8 Å². The van der Waals surface area contributed by atoms with Crippen molar-refractivity contribution in [2.75, 3.05) is 25.1 Å². The maximum absolute atomic E-state index is 8.93. The first-order valence-corrected chi connectivity index (χ1v) is 5.90. The SMILES string of the molecule is CN(CC(N)CO)c1ccc2c(c1)CCC2. The smallest absolute Gasteiger partial charge is 0.0599 e. The number of aliphatic hydroxyl groups excluding tert-OH is 1. The van der Waals surface area contributed by atoms with E-state index in [1.807, 2.05) is 7.05 Å². The summed E-state index contributed by atoms with van der Waals surface area (Å²) in [6, 6.07) is 6.46. The van der Waals surface area contributed by atoms with E-state index in [-0.39, 0.29) is 12.6 Å². The molecular formula is C13H20N2O. The number of hydrogen-bond acceptors (Lipinski definition) is 3. The second-order valence-corrected chi connectivity index (χ2v) is 4.63. The van der Waals surface area contributed by atoms with Crippen LogP contribution < -0.4 is 10.6 Å². The standard InChI is InChI=1S/C13H20N2O/c1-15(8-12(14)9-16)13-6-5-10-3-2-4-11(10)7-13/h5-7,12,16H,2-4,8-9,14H2,1H3. The van der Waals surface area contributed by atoms with Crippen molar-refractivity contribution in [1.82, 2.24) is 0 Å². The van der Waals surface area contributed by atoms with Crippen molar-refractivity contribution in [3.05, 3.63) is 29.3 Å². The highest BCUT2D eigenvalue weighted by atomic mass is 16.3. The molecule has 0 amide bonds. The molecule has 0 spiro atoms. The molecule has 1 unspecified atom stereocenters. The third kappa shape index (κ3) is 2.36. The van der Waals surface area contributed by atoms with E-state index >= 15 is 0 Å². The summed E-state index contributed by atoms with van der Waals surface area (Å²) < 4.78 is 0. The van der Waals surface area contributed by atoms with E-state index in [1.165, 1.54) is 36.1 Å². The Balaban J connectivity index is 2.09. The van der Waals surface area contributed by atoms with Crippen LogP contribution in [0, 0.1) is 0 Å². The minimum atomic E-state index is -0.168. The number of aliphatic hydroxyl groups is 1. The number of aryl methyl sites for hydroxylation is 2. The van der Waals surface area contributed by atoms with Crippen LogP contribution >= 0.6 is 0 Å². The number of hydrogen-bond donors (Lipinski definition) is 2. The molecule has 3 N–H and O–H groups in total. The Labute approximate surface area is 96.9 Å². The Morgan fingerprint density at radius 3 is 2.88 bits per heavy atom. The predicted molar refractivity (Wildman–Crippen MR) is 66.8 cm³/mol. The van der Waals surface area contributed by atoms with Gasteiger partial charge in [0.15, 0.2) is 0 Å². The molecule has 88 valence electrons. The predicted octanol–water partition coefficient (Wildman–Crippen LogP) is 0.931. The van der Waals surface area contributed by atoms with Crippen LogP contribution in [0.1, 0.15) is 17.5 Å². The molecule has 3 nitrogen and oxygen atoms in total. The van der Waals surface area contributed by atoms with E-state index in [0.29, 0.717) is 6.54 Å². The van der Waals surface area contributed by atoms with Gasteiger partial charge in [0.2, 0.25) is 0 Å². The molecule has 0 bridgehead atoms. The molecule has 2 rings (SSSR count).